The monoisotopic (exact) mass is 356 g/mol. The molecule has 0 amide bonds. The van der Waals surface area contributed by atoms with Crippen molar-refractivity contribution in [1.82, 2.24) is 9.62 Å². The van der Waals surface area contributed by atoms with E-state index in [9.17, 15) is 17.2 Å². The van der Waals surface area contributed by atoms with E-state index in [-0.39, 0.29) is 17.5 Å². The first-order valence-electron chi connectivity index (χ1n) is 7.69. The third kappa shape index (κ3) is 3.66. The zero-order chi connectivity index (χ0) is 17.2. The standard InChI is InChI=1S/C16H18F2N2O3S/c17-13-6-5-12(10-14(13)18)24(21,22)19-11-15(16-4-3-9-23-16)20-7-1-2-8-20/h3-6,9-10,15,19H,1-2,7-8,11H2/t15-/m0/s1. The van der Waals surface area contributed by atoms with Crippen LogP contribution in [0.4, 0.5) is 8.78 Å². The molecule has 24 heavy (non-hydrogen) atoms. The molecule has 1 N–H and O–H groups in total. The van der Waals surface area contributed by atoms with E-state index in [2.05, 4.69) is 9.62 Å². The van der Waals surface area contributed by atoms with E-state index in [1.54, 1.807) is 18.4 Å². The number of likely N-dealkylation sites (tertiary alicyclic amines) is 1. The van der Waals surface area contributed by atoms with E-state index >= 15 is 0 Å². The van der Waals surface area contributed by atoms with Crippen LogP contribution in [-0.2, 0) is 10.0 Å². The Labute approximate surface area is 139 Å². The summed E-state index contributed by atoms with van der Waals surface area (Å²) in [7, 11) is -3.94. The maximum atomic E-state index is 13.3. The molecule has 1 aliphatic heterocycles. The number of furan rings is 1. The summed E-state index contributed by atoms with van der Waals surface area (Å²) in [5.41, 5.74) is 0. The average Bonchev–Trinajstić information content (AvgIpc) is 3.24. The van der Waals surface area contributed by atoms with Crippen LogP contribution in [0.15, 0.2) is 45.9 Å². The number of rotatable bonds is 6. The highest BCUT2D eigenvalue weighted by Crippen LogP contribution is 2.25. The fourth-order valence-corrected chi connectivity index (χ4v) is 3.91. The highest BCUT2D eigenvalue weighted by molar-refractivity contribution is 7.89. The van der Waals surface area contributed by atoms with Gasteiger partial charge in [0.05, 0.1) is 17.2 Å². The van der Waals surface area contributed by atoms with Gasteiger partial charge in [-0.3, -0.25) is 4.90 Å². The first-order chi connectivity index (χ1) is 11.5. The van der Waals surface area contributed by atoms with Gasteiger partial charge in [0.15, 0.2) is 11.6 Å². The lowest BCUT2D eigenvalue weighted by molar-refractivity contribution is 0.216. The minimum absolute atomic E-state index is 0.0921. The Bertz CT molecular complexity index is 788. The van der Waals surface area contributed by atoms with Gasteiger partial charge in [-0.25, -0.2) is 21.9 Å². The number of nitrogens with one attached hydrogen (secondary N) is 1. The number of hydrogen-bond donors (Lipinski definition) is 1. The van der Waals surface area contributed by atoms with Gasteiger partial charge in [-0.05, 0) is 56.3 Å². The smallest absolute Gasteiger partial charge is 0.240 e. The minimum atomic E-state index is -3.94. The summed E-state index contributed by atoms with van der Waals surface area (Å²) in [6.45, 7) is 1.81. The van der Waals surface area contributed by atoms with Crippen LogP contribution in [0.25, 0.3) is 0 Å². The molecule has 0 aliphatic carbocycles. The van der Waals surface area contributed by atoms with E-state index in [0.717, 1.165) is 38.1 Å². The van der Waals surface area contributed by atoms with Gasteiger partial charge in [0, 0.05) is 6.54 Å². The zero-order valence-corrected chi connectivity index (χ0v) is 13.7. The Morgan fingerprint density at radius 1 is 1.17 bits per heavy atom. The molecule has 1 aliphatic rings. The van der Waals surface area contributed by atoms with Gasteiger partial charge in [0.25, 0.3) is 0 Å². The third-order valence-corrected chi connectivity index (χ3v) is 5.54. The molecule has 5 nitrogen and oxygen atoms in total. The van der Waals surface area contributed by atoms with Crippen LogP contribution in [0.1, 0.15) is 24.6 Å². The number of halogens is 2. The predicted octanol–water partition coefficient (Wildman–Crippen LogP) is 2.67. The van der Waals surface area contributed by atoms with Crippen LogP contribution < -0.4 is 4.72 Å². The predicted molar refractivity (Wildman–Crippen MR) is 83.8 cm³/mol. The van der Waals surface area contributed by atoms with E-state index in [1.807, 2.05) is 0 Å². The quantitative estimate of drug-likeness (QED) is 0.864. The molecule has 130 valence electrons. The lowest BCUT2D eigenvalue weighted by Crippen LogP contribution is -2.36. The molecule has 1 atom stereocenters. The molecule has 1 aromatic heterocycles. The van der Waals surface area contributed by atoms with E-state index in [1.165, 1.54) is 0 Å². The molecule has 2 heterocycles. The molecule has 1 saturated heterocycles. The van der Waals surface area contributed by atoms with Gasteiger partial charge in [-0.15, -0.1) is 0 Å². The molecule has 2 aromatic rings. The summed E-state index contributed by atoms with van der Waals surface area (Å²) in [4.78, 5) is 1.84. The van der Waals surface area contributed by atoms with Crippen LogP contribution in [-0.4, -0.2) is 33.0 Å². The van der Waals surface area contributed by atoms with Gasteiger partial charge >= 0.3 is 0 Å². The van der Waals surface area contributed by atoms with Crippen molar-refractivity contribution >= 4 is 10.0 Å². The third-order valence-electron chi connectivity index (χ3n) is 4.12. The molecule has 8 heteroatoms. The second kappa shape index (κ2) is 7.00. The summed E-state index contributed by atoms with van der Waals surface area (Å²) in [6, 6.07) is 5.84. The Morgan fingerprint density at radius 3 is 2.54 bits per heavy atom. The molecule has 1 aromatic carbocycles. The summed E-state index contributed by atoms with van der Waals surface area (Å²) in [5.74, 6) is -1.61. The molecule has 0 spiro atoms. The molecule has 0 saturated carbocycles. The Hall–Kier alpha value is -1.77. The average molecular weight is 356 g/mol. The number of benzene rings is 1. The summed E-state index contributed by atoms with van der Waals surface area (Å²) in [5, 5.41) is 0. The fourth-order valence-electron chi connectivity index (χ4n) is 2.86. The van der Waals surface area contributed by atoms with E-state index in [4.69, 9.17) is 4.42 Å². The fraction of sp³-hybridized carbons (Fsp3) is 0.375. The van der Waals surface area contributed by atoms with Crippen molar-refractivity contribution in [3.63, 3.8) is 0 Å². The van der Waals surface area contributed by atoms with Crippen molar-refractivity contribution in [3.8, 4) is 0 Å². The van der Waals surface area contributed by atoms with Gasteiger partial charge in [-0.1, -0.05) is 0 Å². The Morgan fingerprint density at radius 2 is 1.92 bits per heavy atom. The maximum absolute atomic E-state index is 13.3. The summed E-state index contributed by atoms with van der Waals surface area (Å²) in [6.07, 6.45) is 3.64. The topological polar surface area (TPSA) is 62.6 Å². The highest BCUT2D eigenvalue weighted by Gasteiger charge is 2.27. The molecular formula is C16H18F2N2O3S. The first kappa shape index (κ1) is 17.1. The normalized spacial score (nSPS) is 17.2. The van der Waals surface area contributed by atoms with Gasteiger partial charge < -0.3 is 4.42 Å². The van der Waals surface area contributed by atoms with Crippen LogP contribution >= 0.6 is 0 Å². The SMILES string of the molecule is O=S(=O)(NC[C@@H](c1ccco1)N1CCCC1)c1ccc(F)c(F)c1. The lowest BCUT2D eigenvalue weighted by atomic mass is 10.2. The number of nitrogens with zero attached hydrogens (tertiary/aromatic N) is 1. The second-order valence-electron chi connectivity index (χ2n) is 5.70. The largest absolute Gasteiger partial charge is 0.468 e. The van der Waals surface area contributed by atoms with E-state index in [0.29, 0.717) is 11.8 Å². The summed E-state index contributed by atoms with van der Waals surface area (Å²) < 4.78 is 58.8. The van der Waals surface area contributed by atoms with Crippen molar-refractivity contribution in [2.45, 2.75) is 23.8 Å². The van der Waals surface area contributed by atoms with Gasteiger partial charge in [0.1, 0.15) is 5.76 Å². The molecule has 0 radical (unpaired) electrons. The zero-order valence-electron chi connectivity index (χ0n) is 12.9. The van der Waals surface area contributed by atoms with Crippen molar-refractivity contribution < 1.29 is 21.6 Å². The molecule has 3 rings (SSSR count). The minimum Gasteiger partial charge on any atom is -0.468 e. The van der Waals surface area contributed by atoms with Crippen molar-refractivity contribution in [3.05, 3.63) is 54.0 Å². The highest BCUT2D eigenvalue weighted by atomic mass is 32.2. The first-order valence-corrected chi connectivity index (χ1v) is 9.18. The molecular weight excluding hydrogens is 338 g/mol. The second-order valence-corrected chi connectivity index (χ2v) is 7.47. The van der Waals surface area contributed by atoms with Crippen LogP contribution in [0.5, 0.6) is 0 Å². The van der Waals surface area contributed by atoms with Crippen molar-refractivity contribution in [1.29, 1.82) is 0 Å². The Kier molecular flexibility index (Phi) is 4.98. The maximum Gasteiger partial charge on any atom is 0.240 e. The molecule has 1 fully saturated rings. The van der Waals surface area contributed by atoms with Crippen LogP contribution in [0.3, 0.4) is 0 Å². The van der Waals surface area contributed by atoms with Crippen LogP contribution in [0, 0.1) is 11.6 Å². The number of sulfonamides is 1. The summed E-state index contributed by atoms with van der Waals surface area (Å²) >= 11 is 0. The van der Waals surface area contributed by atoms with Crippen molar-refractivity contribution in [2.24, 2.45) is 0 Å². The van der Waals surface area contributed by atoms with Crippen LogP contribution in [0.2, 0.25) is 0 Å². The number of hydrogen-bond acceptors (Lipinski definition) is 4. The van der Waals surface area contributed by atoms with Crippen molar-refractivity contribution in [2.75, 3.05) is 19.6 Å². The van der Waals surface area contributed by atoms with Gasteiger partial charge in [0.2, 0.25) is 10.0 Å². The molecule has 0 unspecified atom stereocenters. The Balaban J connectivity index is 1.76. The lowest BCUT2D eigenvalue weighted by Gasteiger charge is -2.25. The molecule has 0 bridgehead atoms. The van der Waals surface area contributed by atoms with Gasteiger partial charge in [-0.2, -0.15) is 0 Å². The van der Waals surface area contributed by atoms with E-state index < -0.39 is 21.7 Å².